The lowest BCUT2D eigenvalue weighted by atomic mass is 9.85. The van der Waals surface area contributed by atoms with Gasteiger partial charge in [0.15, 0.2) is 0 Å². The number of carboxylic acid groups (broad SMARTS) is 1. The van der Waals surface area contributed by atoms with Crippen LogP contribution in [0.5, 0.6) is 0 Å². The van der Waals surface area contributed by atoms with Crippen LogP contribution >= 0.6 is 0 Å². The van der Waals surface area contributed by atoms with Crippen LogP contribution in [-0.4, -0.2) is 22.1 Å². The second kappa shape index (κ2) is 5.12. The van der Waals surface area contributed by atoms with Crippen LogP contribution in [0.3, 0.4) is 0 Å². The third kappa shape index (κ3) is 2.46. The standard InChI is InChI=1S/C15H17FN2O2/c1-15(2,9-17)13-7-6-12(18(13)14(19)20)10-4-3-5-11(16)8-10/h3-5,8,12-13H,6-7H2,1-2H3,(H,19,20)/t12-,13+/m0/s1. The molecule has 0 spiro atoms. The molecule has 106 valence electrons. The van der Waals surface area contributed by atoms with Gasteiger partial charge in [0.1, 0.15) is 5.82 Å². The summed E-state index contributed by atoms with van der Waals surface area (Å²) in [6.07, 6.45) is 0.143. The summed E-state index contributed by atoms with van der Waals surface area (Å²) in [4.78, 5) is 12.9. The quantitative estimate of drug-likeness (QED) is 0.898. The molecule has 0 aromatic heterocycles. The molecule has 1 aromatic carbocycles. The summed E-state index contributed by atoms with van der Waals surface area (Å²) in [6, 6.07) is 7.41. The Morgan fingerprint density at radius 1 is 1.50 bits per heavy atom. The molecule has 0 saturated carbocycles. The van der Waals surface area contributed by atoms with E-state index >= 15 is 0 Å². The van der Waals surface area contributed by atoms with E-state index in [2.05, 4.69) is 6.07 Å². The molecule has 1 heterocycles. The molecule has 0 bridgehead atoms. The van der Waals surface area contributed by atoms with Crippen LogP contribution in [0.25, 0.3) is 0 Å². The summed E-state index contributed by atoms with van der Waals surface area (Å²) in [6.45, 7) is 3.48. The van der Waals surface area contributed by atoms with Gasteiger partial charge in [0, 0.05) is 0 Å². The van der Waals surface area contributed by atoms with Gasteiger partial charge in [-0.05, 0) is 44.4 Å². The molecular formula is C15H17FN2O2. The Balaban J connectivity index is 2.37. The van der Waals surface area contributed by atoms with Crippen LogP contribution in [-0.2, 0) is 0 Å². The normalized spacial score (nSPS) is 22.6. The average molecular weight is 276 g/mol. The van der Waals surface area contributed by atoms with Crippen molar-refractivity contribution in [1.82, 2.24) is 4.90 Å². The summed E-state index contributed by atoms with van der Waals surface area (Å²) in [5.74, 6) is -0.379. The molecule has 2 atom stereocenters. The molecule has 1 aromatic rings. The minimum Gasteiger partial charge on any atom is -0.465 e. The molecule has 2 rings (SSSR count). The third-order valence-electron chi connectivity index (χ3n) is 3.96. The Hall–Kier alpha value is -2.09. The van der Waals surface area contributed by atoms with Crippen molar-refractivity contribution in [2.24, 2.45) is 5.41 Å². The van der Waals surface area contributed by atoms with Gasteiger partial charge in [0.25, 0.3) is 0 Å². The topological polar surface area (TPSA) is 64.3 Å². The molecule has 1 aliphatic heterocycles. The van der Waals surface area contributed by atoms with Crippen molar-refractivity contribution in [2.45, 2.75) is 38.8 Å². The van der Waals surface area contributed by atoms with E-state index in [0.717, 1.165) is 0 Å². The van der Waals surface area contributed by atoms with Crippen molar-refractivity contribution >= 4 is 6.09 Å². The van der Waals surface area contributed by atoms with E-state index in [1.165, 1.54) is 17.0 Å². The number of amides is 1. The van der Waals surface area contributed by atoms with Crippen LogP contribution in [0.4, 0.5) is 9.18 Å². The molecule has 0 aliphatic carbocycles. The lowest BCUT2D eigenvalue weighted by Gasteiger charge is -2.34. The van der Waals surface area contributed by atoms with Gasteiger partial charge in [-0.1, -0.05) is 12.1 Å². The van der Waals surface area contributed by atoms with Gasteiger partial charge in [-0.3, -0.25) is 4.90 Å². The smallest absolute Gasteiger partial charge is 0.408 e. The number of hydrogen-bond acceptors (Lipinski definition) is 2. The fourth-order valence-electron chi connectivity index (χ4n) is 2.90. The number of halogens is 1. The number of likely N-dealkylation sites (tertiary alicyclic amines) is 1. The molecule has 1 saturated heterocycles. The molecule has 1 fully saturated rings. The fourth-order valence-corrected chi connectivity index (χ4v) is 2.90. The summed E-state index contributed by atoms with van der Waals surface area (Å²) >= 11 is 0. The Kier molecular flexibility index (Phi) is 3.67. The Morgan fingerprint density at radius 3 is 2.75 bits per heavy atom. The molecular weight excluding hydrogens is 259 g/mol. The van der Waals surface area contributed by atoms with Gasteiger partial charge in [0.05, 0.1) is 23.6 Å². The van der Waals surface area contributed by atoms with Crippen molar-refractivity contribution in [3.63, 3.8) is 0 Å². The maximum atomic E-state index is 13.3. The first-order chi connectivity index (χ1) is 9.36. The van der Waals surface area contributed by atoms with Crippen molar-refractivity contribution in [3.8, 4) is 6.07 Å². The van der Waals surface area contributed by atoms with E-state index < -0.39 is 11.5 Å². The average Bonchev–Trinajstić information content (AvgIpc) is 2.84. The highest BCUT2D eigenvalue weighted by molar-refractivity contribution is 5.67. The number of nitrogens with zero attached hydrogens (tertiary/aromatic N) is 2. The lowest BCUT2D eigenvalue weighted by molar-refractivity contribution is 0.0970. The number of hydrogen-bond donors (Lipinski definition) is 1. The van der Waals surface area contributed by atoms with Gasteiger partial charge in [-0.15, -0.1) is 0 Å². The van der Waals surface area contributed by atoms with Crippen molar-refractivity contribution in [2.75, 3.05) is 0 Å². The summed E-state index contributed by atoms with van der Waals surface area (Å²) in [5.41, 5.74) is -0.121. The van der Waals surface area contributed by atoms with E-state index in [1.807, 2.05) is 0 Å². The van der Waals surface area contributed by atoms with Gasteiger partial charge in [-0.2, -0.15) is 5.26 Å². The second-order valence-electron chi connectivity index (χ2n) is 5.69. The first kappa shape index (κ1) is 14.3. The molecule has 0 unspecified atom stereocenters. The van der Waals surface area contributed by atoms with Gasteiger partial charge in [0.2, 0.25) is 0 Å². The Bertz CT molecular complexity index is 565. The van der Waals surface area contributed by atoms with Crippen molar-refractivity contribution in [1.29, 1.82) is 5.26 Å². The maximum absolute atomic E-state index is 13.3. The van der Waals surface area contributed by atoms with E-state index in [9.17, 15) is 19.6 Å². The third-order valence-corrected chi connectivity index (χ3v) is 3.96. The molecule has 1 N–H and O–H groups in total. The maximum Gasteiger partial charge on any atom is 0.408 e. The molecule has 20 heavy (non-hydrogen) atoms. The Morgan fingerprint density at radius 2 is 2.20 bits per heavy atom. The minimum atomic E-state index is -1.06. The monoisotopic (exact) mass is 276 g/mol. The van der Waals surface area contributed by atoms with Crippen LogP contribution in [0.15, 0.2) is 24.3 Å². The number of rotatable bonds is 2. The SMILES string of the molecule is CC(C)(C#N)[C@H]1CC[C@@H](c2cccc(F)c2)N1C(=O)O. The minimum absolute atomic E-state index is 0.377. The van der Waals surface area contributed by atoms with Crippen molar-refractivity contribution < 1.29 is 14.3 Å². The van der Waals surface area contributed by atoms with Crippen LogP contribution in [0.2, 0.25) is 0 Å². The molecule has 4 nitrogen and oxygen atoms in total. The summed E-state index contributed by atoms with van der Waals surface area (Å²) < 4.78 is 13.3. The molecule has 0 radical (unpaired) electrons. The Labute approximate surface area is 117 Å². The zero-order valence-electron chi connectivity index (χ0n) is 11.5. The zero-order chi connectivity index (χ0) is 14.9. The predicted molar refractivity (Wildman–Crippen MR) is 71.4 cm³/mol. The first-order valence-corrected chi connectivity index (χ1v) is 6.55. The van der Waals surface area contributed by atoms with Gasteiger partial charge >= 0.3 is 6.09 Å². The van der Waals surface area contributed by atoms with Crippen LogP contribution < -0.4 is 0 Å². The van der Waals surface area contributed by atoms with Gasteiger partial charge < -0.3 is 5.11 Å². The number of carbonyl (C=O) groups is 1. The first-order valence-electron chi connectivity index (χ1n) is 6.55. The number of nitriles is 1. The predicted octanol–water partition coefficient (Wildman–Crippen LogP) is 3.56. The molecule has 5 heteroatoms. The zero-order valence-corrected chi connectivity index (χ0v) is 11.5. The van der Waals surface area contributed by atoms with E-state index in [-0.39, 0.29) is 17.9 Å². The summed E-state index contributed by atoms with van der Waals surface area (Å²) in [7, 11) is 0. The van der Waals surface area contributed by atoms with Crippen LogP contribution in [0.1, 0.15) is 38.3 Å². The van der Waals surface area contributed by atoms with E-state index in [0.29, 0.717) is 18.4 Å². The largest absolute Gasteiger partial charge is 0.465 e. The molecule has 1 amide bonds. The highest BCUT2D eigenvalue weighted by Gasteiger charge is 2.45. The second-order valence-corrected chi connectivity index (χ2v) is 5.69. The highest BCUT2D eigenvalue weighted by atomic mass is 19.1. The van der Waals surface area contributed by atoms with Gasteiger partial charge in [-0.25, -0.2) is 9.18 Å². The lowest BCUT2D eigenvalue weighted by Crippen LogP contribution is -2.44. The fraction of sp³-hybridized carbons (Fsp3) is 0.467. The summed E-state index contributed by atoms with van der Waals surface area (Å²) in [5, 5.41) is 18.7. The van der Waals surface area contributed by atoms with E-state index in [4.69, 9.17) is 0 Å². The van der Waals surface area contributed by atoms with E-state index in [1.54, 1.807) is 26.0 Å². The highest BCUT2D eigenvalue weighted by Crippen LogP contribution is 2.43. The molecule has 1 aliphatic rings. The van der Waals surface area contributed by atoms with Crippen molar-refractivity contribution in [3.05, 3.63) is 35.6 Å². The number of benzene rings is 1. The van der Waals surface area contributed by atoms with Crippen LogP contribution in [0, 0.1) is 22.6 Å².